The van der Waals surface area contributed by atoms with Crippen LogP contribution in [0.15, 0.2) is 35.3 Å². The molecular formula is C18H25N2Ni. The minimum Gasteiger partial charge on any atom is -0.660 e. The predicted octanol–water partition coefficient (Wildman–Crippen LogP) is 5.03. The fourth-order valence-corrected chi connectivity index (χ4v) is 2.05. The third-order valence-corrected chi connectivity index (χ3v) is 3.01. The first-order valence-corrected chi connectivity index (χ1v) is 6.32. The van der Waals surface area contributed by atoms with Crippen molar-refractivity contribution in [2.24, 2.45) is 4.99 Å². The molecule has 0 fully saturated rings. The topological polar surface area (TPSA) is 26.5 Å². The van der Waals surface area contributed by atoms with Crippen LogP contribution >= 0.6 is 0 Å². The summed E-state index contributed by atoms with van der Waals surface area (Å²) in [5.74, 6) is 0.480. The number of nitrogens with zero attached hydrogens (tertiary/aromatic N) is 2. The van der Waals surface area contributed by atoms with E-state index in [1.54, 1.807) is 0 Å². The summed E-state index contributed by atoms with van der Waals surface area (Å²) in [5, 5.41) is 0. The number of aryl methyl sites for hydroxylation is 2. The fraction of sp³-hybridized carbons (Fsp3) is 0.278. The predicted molar refractivity (Wildman–Crippen MR) is 89.8 cm³/mol. The van der Waals surface area contributed by atoms with Crippen molar-refractivity contribution in [1.29, 1.82) is 0 Å². The zero-order valence-corrected chi connectivity index (χ0v) is 14.7. The van der Waals surface area contributed by atoms with Gasteiger partial charge >= 0.3 is 16.5 Å². The van der Waals surface area contributed by atoms with E-state index in [1.165, 1.54) is 11.1 Å². The summed E-state index contributed by atoms with van der Waals surface area (Å²) >= 11 is 0. The van der Waals surface area contributed by atoms with Crippen LogP contribution in [0.4, 0.5) is 5.69 Å². The van der Waals surface area contributed by atoms with Crippen molar-refractivity contribution in [2.75, 3.05) is 0 Å². The Hall–Kier alpha value is -1.34. The summed E-state index contributed by atoms with van der Waals surface area (Å²) in [6.45, 7) is 8.44. The van der Waals surface area contributed by atoms with E-state index in [4.69, 9.17) is 0 Å². The summed E-state index contributed by atoms with van der Waals surface area (Å²) in [6, 6.07) is 10.3. The van der Waals surface area contributed by atoms with Crippen molar-refractivity contribution in [3.63, 3.8) is 0 Å². The average Bonchev–Trinajstić information content (AvgIpc) is 2.65. The largest absolute Gasteiger partial charge is 3.00 e. The van der Waals surface area contributed by atoms with Crippen LogP contribution in [0.1, 0.15) is 42.3 Å². The molecule has 117 valence electrons. The maximum atomic E-state index is 4.58. The molecule has 0 spiro atoms. The van der Waals surface area contributed by atoms with Gasteiger partial charge in [-0.05, 0) is 24.5 Å². The normalized spacial score (nSPS) is 9.95. The molecule has 3 heteroatoms. The molecule has 0 saturated carbocycles. The SMILES string of the molecule is Cc1cc(C)c(C=Nc2ccccc2C(C)C)[n-]1.[CH3-].[CH3-].[Ni+3]. The summed E-state index contributed by atoms with van der Waals surface area (Å²) < 4.78 is 0. The van der Waals surface area contributed by atoms with Gasteiger partial charge in [-0.1, -0.05) is 50.6 Å². The first-order chi connectivity index (χ1) is 8.58. The Labute approximate surface area is 140 Å². The average molecular weight is 328 g/mol. The Kier molecular flexibility index (Phi) is 10.0. The molecule has 1 heterocycles. The summed E-state index contributed by atoms with van der Waals surface area (Å²) in [5.41, 5.74) is 5.50. The Morgan fingerprint density at radius 3 is 2.24 bits per heavy atom. The summed E-state index contributed by atoms with van der Waals surface area (Å²) in [4.78, 5) is 9.03. The third kappa shape index (κ3) is 5.51. The van der Waals surface area contributed by atoms with Gasteiger partial charge in [0.25, 0.3) is 0 Å². The molecule has 2 aromatic rings. The van der Waals surface area contributed by atoms with Gasteiger partial charge in [-0.3, -0.25) is 4.99 Å². The van der Waals surface area contributed by atoms with Gasteiger partial charge in [0.05, 0.1) is 5.69 Å². The smallest absolute Gasteiger partial charge is 0.660 e. The molecule has 2 rings (SSSR count). The molecule has 0 aliphatic carbocycles. The van der Waals surface area contributed by atoms with Crippen molar-refractivity contribution < 1.29 is 16.5 Å². The monoisotopic (exact) mass is 327 g/mol. The molecule has 0 saturated heterocycles. The van der Waals surface area contributed by atoms with Crippen molar-refractivity contribution in [3.8, 4) is 0 Å². The quantitative estimate of drug-likeness (QED) is 0.441. The van der Waals surface area contributed by atoms with Gasteiger partial charge in [-0.25, -0.2) is 0 Å². The first-order valence-electron chi connectivity index (χ1n) is 6.32. The van der Waals surface area contributed by atoms with Crippen LogP contribution < -0.4 is 4.98 Å². The second-order valence-corrected chi connectivity index (χ2v) is 4.94. The molecule has 0 unspecified atom stereocenters. The van der Waals surface area contributed by atoms with E-state index in [9.17, 15) is 0 Å². The molecule has 1 aromatic carbocycles. The minimum absolute atomic E-state index is 0. The molecule has 0 aliphatic rings. The van der Waals surface area contributed by atoms with Gasteiger partial charge in [0.1, 0.15) is 0 Å². The van der Waals surface area contributed by atoms with Crippen LogP contribution in [-0.4, -0.2) is 6.21 Å². The molecule has 2 nitrogen and oxygen atoms in total. The van der Waals surface area contributed by atoms with Crippen LogP contribution in [0, 0.1) is 28.7 Å². The number of aliphatic imine (C=N–C) groups is 1. The van der Waals surface area contributed by atoms with Crippen LogP contribution in [0.5, 0.6) is 0 Å². The number of rotatable bonds is 3. The summed E-state index contributed by atoms with van der Waals surface area (Å²) in [7, 11) is 0. The van der Waals surface area contributed by atoms with Crippen molar-refractivity contribution in [2.45, 2.75) is 33.6 Å². The molecule has 0 aliphatic heterocycles. The zero-order chi connectivity index (χ0) is 13.1. The Morgan fingerprint density at radius 1 is 1.10 bits per heavy atom. The molecular weight excluding hydrogens is 303 g/mol. The van der Waals surface area contributed by atoms with E-state index in [1.807, 2.05) is 19.2 Å². The van der Waals surface area contributed by atoms with Gasteiger partial charge in [0.2, 0.25) is 0 Å². The molecule has 0 N–H and O–H groups in total. The summed E-state index contributed by atoms with van der Waals surface area (Å²) in [6.07, 6.45) is 1.86. The van der Waals surface area contributed by atoms with E-state index in [0.717, 1.165) is 17.1 Å². The second kappa shape index (κ2) is 9.57. The van der Waals surface area contributed by atoms with Crippen LogP contribution in [0.2, 0.25) is 0 Å². The van der Waals surface area contributed by atoms with Crippen molar-refractivity contribution in [3.05, 3.63) is 67.7 Å². The number of benzene rings is 1. The Bertz CT molecular complexity index is 568. The molecule has 0 atom stereocenters. The van der Waals surface area contributed by atoms with E-state index < -0.39 is 0 Å². The molecule has 1 aromatic heterocycles. The number of hydrogen-bond acceptors (Lipinski definition) is 1. The van der Waals surface area contributed by atoms with Crippen molar-refractivity contribution >= 4 is 11.9 Å². The zero-order valence-electron chi connectivity index (χ0n) is 13.8. The molecule has 0 amide bonds. The molecule has 1 radical (unpaired) electrons. The third-order valence-electron chi connectivity index (χ3n) is 3.01. The molecule has 21 heavy (non-hydrogen) atoms. The van der Waals surface area contributed by atoms with E-state index >= 15 is 0 Å². The van der Waals surface area contributed by atoms with Crippen LogP contribution in [0.3, 0.4) is 0 Å². The van der Waals surface area contributed by atoms with Gasteiger partial charge in [-0.15, -0.1) is 5.69 Å². The number of aromatic nitrogens is 1. The van der Waals surface area contributed by atoms with E-state index in [0.29, 0.717) is 5.92 Å². The van der Waals surface area contributed by atoms with Gasteiger partial charge in [-0.2, -0.15) is 5.69 Å². The van der Waals surface area contributed by atoms with Gasteiger partial charge in [0.15, 0.2) is 0 Å². The maximum Gasteiger partial charge on any atom is 3.00 e. The second-order valence-electron chi connectivity index (χ2n) is 4.94. The van der Waals surface area contributed by atoms with Crippen LogP contribution in [0.25, 0.3) is 0 Å². The maximum absolute atomic E-state index is 4.58. The fourth-order valence-electron chi connectivity index (χ4n) is 2.05. The van der Waals surface area contributed by atoms with Gasteiger partial charge in [0, 0.05) is 6.21 Å². The number of para-hydroxylation sites is 1. The van der Waals surface area contributed by atoms with Gasteiger partial charge < -0.3 is 19.8 Å². The van der Waals surface area contributed by atoms with Crippen LogP contribution in [-0.2, 0) is 16.5 Å². The number of hydrogen-bond donors (Lipinski definition) is 0. The Balaban J connectivity index is 0. The first kappa shape index (κ1) is 22.0. The van der Waals surface area contributed by atoms with Crippen molar-refractivity contribution in [1.82, 2.24) is 4.98 Å². The van der Waals surface area contributed by atoms with E-state index in [-0.39, 0.29) is 31.3 Å². The minimum atomic E-state index is 0. The Morgan fingerprint density at radius 2 is 1.71 bits per heavy atom. The van der Waals surface area contributed by atoms with E-state index in [2.05, 4.69) is 55.0 Å². The molecule has 0 bridgehead atoms. The standard InChI is InChI=1S/C16H19N2.2CH3.Ni/c1-11(2)14-7-5-6-8-15(14)17-10-16-12(3)9-13(4)18-16;;;/h5-11H,1-4H3;2*1H3;/q3*-1;+3.